The Kier molecular flexibility index (Phi) is 3.90. The highest BCUT2D eigenvalue weighted by molar-refractivity contribution is 9.10. The Hall–Kier alpha value is -0.380. The predicted molar refractivity (Wildman–Crippen MR) is 59.6 cm³/mol. The molecule has 1 rings (SSSR count). The summed E-state index contributed by atoms with van der Waals surface area (Å²) in [7, 11) is 4.08. The van der Waals surface area contributed by atoms with Crippen molar-refractivity contribution in [1.82, 2.24) is 4.90 Å². The largest absolute Gasteiger partial charge is 0.329 e. The average Bonchev–Trinajstić information content (AvgIpc) is 2.09. The van der Waals surface area contributed by atoms with Crippen LogP contribution in [0.4, 0.5) is 0 Å². The van der Waals surface area contributed by atoms with Crippen molar-refractivity contribution in [3.63, 3.8) is 0 Å². The van der Waals surface area contributed by atoms with Crippen molar-refractivity contribution in [3.8, 4) is 0 Å². The highest BCUT2D eigenvalue weighted by Gasteiger charge is 2.13. The summed E-state index contributed by atoms with van der Waals surface area (Å²) in [4.78, 5) is 2.13. The van der Waals surface area contributed by atoms with Gasteiger partial charge < -0.3 is 10.6 Å². The molecule has 0 aromatic heterocycles. The number of nitrogens with zero attached hydrogens (tertiary/aromatic N) is 1. The lowest BCUT2D eigenvalue weighted by molar-refractivity contribution is 0.305. The van der Waals surface area contributed by atoms with Gasteiger partial charge in [0.25, 0.3) is 0 Å². The third-order valence-electron chi connectivity index (χ3n) is 2.11. The Bertz CT molecular complexity index is 273. The molecule has 0 amide bonds. The van der Waals surface area contributed by atoms with Crippen LogP contribution in [0.25, 0.3) is 0 Å². The summed E-state index contributed by atoms with van der Waals surface area (Å²) in [5, 5.41) is 0. The van der Waals surface area contributed by atoms with Crippen molar-refractivity contribution in [2.24, 2.45) is 5.73 Å². The Morgan fingerprint density at radius 1 is 1.38 bits per heavy atom. The van der Waals surface area contributed by atoms with Gasteiger partial charge in [-0.3, -0.25) is 0 Å². The van der Waals surface area contributed by atoms with Crippen molar-refractivity contribution in [3.05, 3.63) is 34.3 Å². The molecule has 0 aliphatic rings. The molecule has 0 aliphatic carbocycles. The second kappa shape index (κ2) is 4.74. The quantitative estimate of drug-likeness (QED) is 0.879. The lowest BCUT2D eigenvalue weighted by Gasteiger charge is -2.23. The van der Waals surface area contributed by atoms with E-state index in [9.17, 15) is 0 Å². The first kappa shape index (κ1) is 10.7. The van der Waals surface area contributed by atoms with Gasteiger partial charge in [-0.05, 0) is 25.7 Å². The number of hydrogen-bond donors (Lipinski definition) is 1. The number of hydrogen-bond acceptors (Lipinski definition) is 2. The van der Waals surface area contributed by atoms with Crippen LogP contribution < -0.4 is 5.73 Å². The van der Waals surface area contributed by atoms with Gasteiger partial charge in [0.1, 0.15) is 0 Å². The SMILES string of the molecule is CN(C)C(CN)c1ccccc1Br. The molecule has 0 fully saturated rings. The third kappa shape index (κ3) is 2.53. The summed E-state index contributed by atoms with van der Waals surface area (Å²) < 4.78 is 1.12. The Morgan fingerprint density at radius 3 is 2.46 bits per heavy atom. The zero-order valence-electron chi connectivity index (χ0n) is 8.00. The molecule has 1 aromatic rings. The molecule has 72 valence electrons. The van der Waals surface area contributed by atoms with Gasteiger partial charge in [-0.15, -0.1) is 0 Å². The molecule has 0 saturated carbocycles. The van der Waals surface area contributed by atoms with E-state index in [0.29, 0.717) is 6.54 Å². The molecule has 0 aliphatic heterocycles. The molecular weight excluding hydrogens is 228 g/mol. The fourth-order valence-electron chi connectivity index (χ4n) is 1.36. The van der Waals surface area contributed by atoms with E-state index in [-0.39, 0.29) is 6.04 Å². The fraction of sp³-hybridized carbons (Fsp3) is 0.400. The Labute approximate surface area is 87.9 Å². The lowest BCUT2D eigenvalue weighted by Crippen LogP contribution is -2.27. The normalized spacial score (nSPS) is 13.3. The minimum absolute atomic E-state index is 0.288. The third-order valence-corrected chi connectivity index (χ3v) is 2.83. The first-order valence-corrected chi connectivity index (χ1v) is 5.07. The second-order valence-corrected chi connectivity index (χ2v) is 4.09. The molecule has 1 atom stereocenters. The topological polar surface area (TPSA) is 29.3 Å². The van der Waals surface area contributed by atoms with E-state index < -0.39 is 0 Å². The molecule has 13 heavy (non-hydrogen) atoms. The zero-order valence-corrected chi connectivity index (χ0v) is 9.58. The summed E-state index contributed by atoms with van der Waals surface area (Å²) in [6.07, 6.45) is 0. The van der Waals surface area contributed by atoms with Crippen LogP contribution in [0.2, 0.25) is 0 Å². The number of benzene rings is 1. The minimum Gasteiger partial charge on any atom is -0.329 e. The molecule has 2 nitrogen and oxygen atoms in total. The van der Waals surface area contributed by atoms with Gasteiger partial charge in [0.15, 0.2) is 0 Å². The van der Waals surface area contributed by atoms with Gasteiger partial charge in [0, 0.05) is 17.1 Å². The highest BCUT2D eigenvalue weighted by Crippen LogP contribution is 2.25. The van der Waals surface area contributed by atoms with Crippen LogP contribution in [0.5, 0.6) is 0 Å². The van der Waals surface area contributed by atoms with Crippen LogP contribution in [-0.2, 0) is 0 Å². The summed E-state index contributed by atoms with van der Waals surface area (Å²) in [5.74, 6) is 0. The maximum Gasteiger partial charge on any atom is 0.0475 e. The lowest BCUT2D eigenvalue weighted by atomic mass is 10.1. The Morgan fingerprint density at radius 2 is 2.00 bits per heavy atom. The van der Waals surface area contributed by atoms with E-state index in [1.54, 1.807) is 0 Å². The van der Waals surface area contributed by atoms with Crippen LogP contribution >= 0.6 is 15.9 Å². The van der Waals surface area contributed by atoms with Gasteiger partial charge in [0.2, 0.25) is 0 Å². The maximum absolute atomic E-state index is 5.71. The summed E-state index contributed by atoms with van der Waals surface area (Å²) in [5.41, 5.74) is 6.96. The summed E-state index contributed by atoms with van der Waals surface area (Å²) in [6, 6.07) is 8.47. The van der Waals surface area contributed by atoms with E-state index in [4.69, 9.17) is 5.73 Å². The number of rotatable bonds is 3. The average molecular weight is 243 g/mol. The van der Waals surface area contributed by atoms with Crippen molar-refractivity contribution in [2.75, 3.05) is 20.6 Å². The highest BCUT2D eigenvalue weighted by atomic mass is 79.9. The molecular formula is C10H15BrN2. The smallest absolute Gasteiger partial charge is 0.0475 e. The molecule has 1 unspecified atom stereocenters. The number of nitrogens with two attached hydrogens (primary N) is 1. The van der Waals surface area contributed by atoms with Gasteiger partial charge in [-0.2, -0.15) is 0 Å². The van der Waals surface area contributed by atoms with E-state index in [0.717, 1.165) is 4.47 Å². The number of halogens is 1. The fourth-order valence-corrected chi connectivity index (χ4v) is 1.91. The number of likely N-dealkylation sites (N-methyl/N-ethyl adjacent to an activating group) is 1. The zero-order chi connectivity index (χ0) is 9.84. The predicted octanol–water partition coefficient (Wildman–Crippen LogP) is 2.01. The van der Waals surface area contributed by atoms with Crippen molar-refractivity contribution >= 4 is 15.9 Å². The van der Waals surface area contributed by atoms with Gasteiger partial charge >= 0.3 is 0 Å². The monoisotopic (exact) mass is 242 g/mol. The van der Waals surface area contributed by atoms with Crippen LogP contribution in [-0.4, -0.2) is 25.5 Å². The van der Waals surface area contributed by atoms with E-state index in [1.807, 2.05) is 32.3 Å². The van der Waals surface area contributed by atoms with E-state index in [1.165, 1.54) is 5.56 Å². The molecule has 3 heteroatoms. The summed E-state index contributed by atoms with van der Waals surface area (Å²) >= 11 is 3.52. The minimum atomic E-state index is 0.288. The van der Waals surface area contributed by atoms with E-state index in [2.05, 4.69) is 26.9 Å². The molecule has 0 radical (unpaired) electrons. The van der Waals surface area contributed by atoms with Crippen molar-refractivity contribution < 1.29 is 0 Å². The molecule has 0 heterocycles. The maximum atomic E-state index is 5.71. The molecule has 0 bridgehead atoms. The first-order chi connectivity index (χ1) is 6.16. The molecule has 0 saturated heterocycles. The first-order valence-electron chi connectivity index (χ1n) is 4.27. The van der Waals surface area contributed by atoms with Crippen LogP contribution in [0, 0.1) is 0 Å². The van der Waals surface area contributed by atoms with Crippen LogP contribution in [0.3, 0.4) is 0 Å². The van der Waals surface area contributed by atoms with Crippen LogP contribution in [0.15, 0.2) is 28.7 Å². The standard InChI is InChI=1S/C10H15BrN2/c1-13(2)10(7-12)8-5-3-4-6-9(8)11/h3-6,10H,7,12H2,1-2H3. The van der Waals surface area contributed by atoms with Crippen molar-refractivity contribution in [2.45, 2.75) is 6.04 Å². The summed E-state index contributed by atoms with van der Waals surface area (Å²) in [6.45, 7) is 0.635. The molecule has 2 N–H and O–H groups in total. The Balaban J connectivity index is 2.97. The van der Waals surface area contributed by atoms with Gasteiger partial charge in [0.05, 0.1) is 0 Å². The van der Waals surface area contributed by atoms with Crippen molar-refractivity contribution in [1.29, 1.82) is 0 Å². The van der Waals surface area contributed by atoms with Gasteiger partial charge in [-0.25, -0.2) is 0 Å². The van der Waals surface area contributed by atoms with Gasteiger partial charge in [-0.1, -0.05) is 34.1 Å². The second-order valence-electron chi connectivity index (χ2n) is 3.24. The van der Waals surface area contributed by atoms with Crippen LogP contribution in [0.1, 0.15) is 11.6 Å². The molecule has 0 spiro atoms. The molecule has 1 aromatic carbocycles. The van der Waals surface area contributed by atoms with E-state index >= 15 is 0 Å².